The molecule has 4 aromatic heterocycles. The molecule has 0 bridgehead atoms. The Labute approximate surface area is 202 Å². The van der Waals surface area contributed by atoms with Gasteiger partial charge in [-0.15, -0.1) is 16.4 Å². The molecule has 0 aliphatic rings. The average molecular weight is 492 g/mol. The van der Waals surface area contributed by atoms with E-state index in [-0.39, 0.29) is 30.6 Å². The molecule has 0 saturated carbocycles. The number of nitrogen functional groups attached to an aromatic ring is 1. The maximum absolute atomic E-state index is 12.8. The van der Waals surface area contributed by atoms with Gasteiger partial charge in [-0.2, -0.15) is 4.98 Å². The molecule has 1 aromatic carbocycles. The quantitative estimate of drug-likeness (QED) is 0.269. The highest BCUT2D eigenvalue weighted by molar-refractivity contribution is 7.12. The van der Waals surface area contributed by atoms with Gasteiger partial charge >= 0.3 is 0 Å². The van der Waals surface area contributed by atoms with E-state index in [1.807, 2.05) is 29.6 Å². The second kappa shape index (κ2) is 9.16. The summed E-state index contributed by atoms with van der Waals surface area (Å²) in [6, 6.07) is 10.3. The maximum Gasteiger partial charge on any atom is 0.261 e. The molecule has 0 radical (unpaired) electrons. The maximum atomic E-state index is 12.8. The van der Waals surface area contributed by atoms with Crippen LogP contribution in [0.3, 0.4) is 0 Å². The Bertz CT molecular complexity index is 1520. The van der Waals surface area contributed by atoms with E-state index in [4.69, 9.17) is 10.2 Å². The summed E-state index contributed by atoms with van der Waals surface area (Å²) >= 11 is 1.27. The normalized spacial score (nSPS) is 12.2. The zero-order valence-electron chi connectivity index (χ0n) is 18.6. The van der Waals surface area contributed by atoms with Gasteiger partial charge in [0.15, 0.2) is 11.2 Å². The first-order chi connectivity index (χ1) is 16.9. The lowest BCUT2D eigenvalue weighted by atomic mass is 10.1. The lowest BCUT2D eigenvalue weighted by Gasteiger charge is -2.12. The molecule has 35 heavy (non-hydrogen) atoms. The van der Waals surface area contributed by atoms with Gasteiger partial charge in [0, 0.05) is 17.8 Å². The molecule has 1 atom stereocenters. The van der Waals surface area contributed by atoms with Crippen molar-refractivity contribution < 1.29 is 19.1 Å². The minimum Gasteiger partial charge on any atom is -0.439 e. The van der Waals surface area contributed by atoms with Gasteiger partial charge in [0.05, 0.1) is 23.6 Å². The van der Waals surface area contributed by atoms with E-state index in [1.165, 1.54) is 15.9 Å². The number of aliphatic hydroxyl groups is 1. The molecule has 5 aromatic rings. The molecule has 0 aliphatic carbocycles. The summed E-state index contributed by atoms with van der Waals surface area (Å²) in [6.07, 6.45) is 1.69. The Morgan fingerprint density at radius 3 is 2.83 bits per heavy atom. The number of nitrogens with two attached hydrogens (primary N) is 1. The molecule has 0 aliphatic heterocycles. The number of aliphatic hydroxyl groups excluding tert-OH is 1. The van der Waals surface area contributed by atoms with Gasteiger partial charge < -0.3 is 25.9 Å². The molecule has 0 unspecified atom stereocenters. The molecule has 5 rings (SSSR count). The summed E-state index contributed by atoms with van der Waals surface area (Å²) in [6.45, 7) is 1.63. The van der Waals surface area contributed by atoms with Crippen molar-refractivity contribution in [3.63, 3.8) is 0 Å². The Morgan fingerprint density at radius 2 is 2.03 bits per heavy atom. The van der Waals surface area contributed by atoms with Crippen LogP contribution in [0.15, 0.2) is 52.4 Å². The standard InChI is InChI=1S/C23H21N7O4S/c1-12(10-31)26-21(32)15-6-13(9-30-20(15)28-23(24)29-30)14-7-18(35-11-14)22(33)25-8-19-27-16-4-2-3-5-17(16)34-19/h2-7,9,11-12,31H,8,10H2,1H3,(H2,24,29)(H,25,33)(H,26,32)/t12-/m0/s1. The number of fused-ring (bicyclic) bond motifs is 2. The van der Waals surface area contributed by atoms with Crippen molar-refractivity contribution in [2.24, 2.45) is 0 Å². The second-order valence-corrected chi connectivity index (χ2v) is 8.81. The summed E-state index contributed by atoms with van der Waals surface area (Å²) in [5, 5.41) is 20.7. The lowest BCUT2D eigenvalue weighted by Crippen LogP contribution is -2.35. The number of carbonyl (C=O) groups excluding carboxylic acids is 2. The number of oxazole rings is 1. The fraction of sp³-hybridized carbons (Fsp3) is 0.174. The third kappa shape index (κ3) is 4.56. The topological polar surface area (TPSA) is 161 Å². The minimum absolute atomic E-state index is 0.0241. The van der Waals surface area contributed by atoms with Crippen LogP contribution in [0.1, 0.15) is 32.8 Å². The second-order valence-electron chi connectivity index (χ2n) is 7.90. The molecular formula is C23H21N7O4S. The SMILES string of the molecule is C[C@@H](CO)NC(=O)c1cc(-c2csc(C(=O)NCc3nc4ccccc4o3)c2)cn2nc(N)nc12. The monoisotopic (exact) mass is 491 g/mol. The molecule has 178 valence electrons. The number of anilines is 1. The number of aromatic nitrogens is 4. The van der Waals surface area contributed by atoms with Crippen molar-refractivity contribution in [2.75, 3.05) is 12.3 Å². The number of pyridine rings is 1. The number of nitrogens with zero attached hydrogens (tertiary/aromatic N) is 4. The number of para-hydroxylation sites is 2. The van der Waals surface area contributed by atoms with Gasteiger partial charge in [0.2, 0.25) is 11.8 Å². The third-order valence-electron chi connectivity index (χ3n) is 5.24. The van der Waals surface area contributed by atoms with Crippen LogP contribution in [0.4, 0.5) is 5.95 Å². The number of thiophene rings is 1. The largest absolute Gasteiger partial charge is 0.439 e. The molecule has 4 heterocycles. The van der Waals surface area contributed by atoms with Crippen molar-refractivity contribution in [3.05, 3.63) is 64.3 Å². The fourth-order valence-electron chi connectivity index (χ4n) is 3.52. The van der Waals surface area contributed by atoms with Crippen LogP contribution in [-0.2, 0) is 6.54 Å². The van der Waals surface area contributed by atoms with E-state index in [9.17, 15) is 14.7 Å². The Hall–Kier alpha value is -4.29. The van der Waals surface area contributed by atoms with Crippen molar-refractivity contribution in [1.82, 2.24) is 30.2 Å². The van der Waals surface area contributed by atoms with E-state index in [2.05, 4.69) is 25.7 Å². The summed E-state index contributed by atoms with van der Waals surface area (Å²) in [7, 11) is 0. The third-order valence-corrected chi connectivity index (χ3v) is 6.17. The smallest absolute Gasteiger partial charge is 0.261 e. The molecule has 0 saturated heterocycles. The Balaban J connectivity index is 1.37. The number of hydrogen-bond donors (Lipinski definition) is 4. The van der Waals surface area contributed by atoms with E-state index in [0.717, 1.165) is 11.1 Å². The van der Waals surface area contributed by atoms with Crippen LogP contribution in [0, 0.1) is 0 Å². The Kier molecular flexibility index (Phi) is 5.89. The van der Waals surface area contributed by atoms with Gasteiger partial charge in [-0.3, -0.25) is 9.59 Å². The summed E-state index contributed by atoms with van der Waals surface area (Å²) in [5.74, 6) is -0.254. The van der Waals surface area contributed by atoms with E-state index < -0.39 is 11.9 Å². The molecule has 12 heteroatoms. The van der Waals surface area contributed by atoms with Crippen molar-refractivity contribution in [1.29, 1.82) is 0 Å². The first-order valence-corrected chi connectivity index (χ1v) is 11.6. The highest BCUT2D eigenvalue weighted by atomic mass is 32.1. The number of hydrogen-bond acceptors (Lipinski definition) is 9. The highest BCUT2D eigenvalue weighted by Gasteiger charge is 2.19. The predicted molar refractivity (Wildman–Crippen MR) is 130 cm³/mol. The zero-order valence-corrected chi connectivity index (χ0v) is 19.4. The lowest BCUT2D eigenvalue weighted by molar-refractivity contribution is 0.0921. The summed E-state index contributed by atoms with van der Waals surface area (Å²) in [4.78, 5) is 34.5. The number of carbonyl (C=O) groups is 2. The first-order valence-electron chi connectivity index (χ1n) is 10.7. The van der Waals surface area contributed by atoms with Gasteiger partial charge in [0.25, 0.3) is 11.8 Å². The van der Waals surface area contributed by atoms with Crippen LogP contribution in [0.25, 0.3) is 27.9 Å². The molecule has 0 spiro atoms. The Morgan fingerprint density at radius 1 is 1.20 bits per heavy atom. The van der Waals surface area contributed by atoms with Crippen LogP contribution >= 0.6 is 11.3 Å². The highest BCUT2D eigenvalue weighted by Crippen LogP contribution is 2.28. The summed E-state index contributed by atoms with van der Waals surface area (Å²) < 4.78 is 7.07. The number of rotatable bonds is 7. The molecular weight excluding hydrogens is 470 g/mol. The van der Waals surface area contributed by atoms with Crippen LogP contribution in [0.5, 0.6) is 0 Å². The predicted octanol–water partition coefficient (Wildman–Crippen LogP) is 2.22. The number of amides is 2. The van der Waals surface area contributed by atoms with Crippen molar-refractivity contribution in [2.45, 2.75) is 19.5 Å². The molecule has 2 amide bonds. The van der Waals surface area contributed by atoms with Crippen LogP contribution < -0.4 is 16.4 Å². The van der Waals surface area contributed by atoms with Gasteiger partial charge in [-0.05, 0) is 42.1 Å². The van der Waals surface area contributed by atoms with Crippen molar-refractivity contribution >= 4 is 45.8 Å². The first kappa shape index (κ1) is 22.5. The number of nitrogens with one attached hydrogen (secondary N) is 2. The van der Waals surface area contributed by atoms with Crippen LogP contribution in [0.2, 0.25) is 0 Å². The van der Waals surface area contributed by atoms with Gasteiger partial charge in [0.1, 0.15) is 5.52 Å². The van der Waals surface area contributed by atoms with E-state index >= 15 is 0 Å². The summed E-state index contributed by atoms with van der Waals surface area (Å²) in [5.41, 5.74) is 9.05. The zero-order chi connectivity index (χ0) is 24.5. The molecule has 5 N–H and O–H groups in total. The number of benzene rings is 1. The van der Waals surface area contributed by atoms with E-state index in [0.29, 0.717) is 27.6 Å². The van der Waals surface area contributed by atoms with Crippen molar-refractivity contribution in [3.8, 4) is 11.1 Å². The minimum atomic E-state index is -0.441. The molecule has 0 fully saturated rings. The van der Waals surface area contributed by atoms with Gasteiger partial charge in [-0.25, -0.2) is 9.50 Å². The van der Waals surface area contributed by atoms with E-state index in [1.54, 1.807) is 25.3 Å². The van der Waals surface area contributed by atoms with Gasteiger partial charge in [-0.1, -0.05) is 12.1 Å². The van der Waals surface area contributed by atoms with Crippen LogP contribution in [-0.4, -0.2) is 49.2 Å². The fourth-order valence-corrected chi connectivity index (χ4v) is 4.35. The average Bonchev–Trinajstić information content (AvgIpc) is 3.58. The molecule has 11 nitrogen and oxygen atoms in total.